The Kier molecular flexibility index (Phi) is 5.46. The zero-order valence-electron chi connectivity index (χ0n) is 15.1. The summed E-state index contributed by atoms with van der Waals surface area (Å²) in [6.07, 6.45) is 0.0984. The Morgan fingerprint density at radius 1 is 1.07 bits per heavy atom. The molecule has 1 saturated heterocycles. The average molecular weight is 386 g/mol. The second-order valence-corrected chi connectivity index (χ2v) is 6.95. The average Bonchev–Trinajstić information content (AvgIpc) is 3.04. The van der Waals surface area contributed by atoms with Gasteiger partial charge < -0.3 is 4.90 Å². The van der Waals surface area contributed by atoms with Crippen LogP contribution in [0.5, 0.6) is 0 Å². The number of benzene rings is 2. The van der Waals surface area contributed by atoms with Gasteiger partial charge in [0.05, 0.1) is 16.5 Å². The quantitative estimate of drug-likeness (QED) is 0.797. The molecule has 1 aliphatic rings. The van der Waals surface area contributed by atoms with Crippen LogP contribution in [0.2, 0.25) is 5.02 Å². The van der Waals surface area contributed by atoms with E-state index in [0.29, 0.717) is 5.02 Å². The van der Waals surface area contributed by atoms with Crippen molar-refractivity contribution in [3.8, 4) is 0 Å². The predicted octanol–water partition coefficient (Wildman–Crippen LogP) is 2.77. The largest absolute Gasteiger partial charge is 0.311 e. The van der Waals surface area contributed by atoms with E-state index < -0.39 is 17.7 Å². The molecular formula is C20H20ClN3O3. The summed E-state index contributed by atoms with van der Waals surface area (Å²) in [5.41, 5.74) is 7.92. The first kappa shape index (κ1) is 18.9. The predicted molar refractivity (Wildman–Crippen MR) is 103 cm³/mol. The summed E-state index contributed by atoms with van der Waals surface area (Å²) < 4.78 is 0. The van der Waals surface area contributed by atoms with Crippen LogP contribution < -0.4 is 15.8 Å². The Bertz CT molecular complexity index is 913. The second-order valence-electron chi connectivity index (χ2n) is 6.55. The Morgan fingerprint density at radius 3 is 2.56 bits per heavy atom. The lowest BCUT2D eigenvalue weighted by Crippen LogP contribution is -2.45. The number of hydrogen-bond acceptors (Lipinski definition) is 3. The Hall–Kier alpha value is -2.86. The third-order valence-electron chi connectivity index (χ3n) is 4.78. The maximum Gasteiger partial charge on any atom is 0.271 e. The van der Waals surface area contributed by atoms with Crippen molar-refractivity contribution < 1.29 is 14.4 Å². The highest BCUT2D eigenvalue weighted by Crippen LogP contribution is 2.29. The lowest BCUT2D eigenvalue weighted by Gasteiger charge is -2.20. The molecule has 140 valence electrons. The number of carbonyl (C=O) groups excluding carboxylic acids is 3. The Morgan fingerprint density at radius 2 is 1.81 bits per heavy atom. The van der Waals surface area contributed by atoms with Gasteiger partial charge in [-0.05, 0) is 43.2 Å². The summed E-state index contributed by atoms with van der Waals surface area (Å²) >= 11 is 5.97. The highest BCUT2D eigenvalue weighted by Gasteiger charge is 2.36. The van der Waals surface area contributed by atoms with E-state index in [-0.39, 0.29) is 24.4 Å². The van der Waals surface area contributed by atoms with E-state index in [0.717, 1.165) is 16.8 Å². The first-order valence-corrected chi connectivity index (χ1v) is 8.97. The minimum atomic E-state index is -0.538. The summed E-state index contributed by atoms with van der Waals surface area (Å²) in [5.74, 6) is -1.56. The molecule has 0 radical (unpaired) electrons. The van der Waals surface area contributed by atoms with Gasteiger partial charge in [0, 0.05) is 18.7 Å². The summed E-state index contributed by atoms with van der Waals surface area (Å²) in [6.45, 7) is 4.21. The normalized spacial score (nSPS) is 16.3. The van der Waals surface area contributed by atoms with Crippen molar-refractivity contribution in [1.29, 1.82) is 0 Å². The molecule has 7 heteroatoms. The first-order valence-electron chi connectivity index (χ1n) is 8.59. The van der Waals surface area contributed by atoms with Gasteiger partial charge in [0.2, 0.25) is 11.8 Å². The maximum absolute atomic E-state index is 12.4. The van der Waals surface area contributed by atoms with Crippen molar-refractivity contribution >= 4 is 35.0 Å². The van der Waals surface area contributed by atoms with Gasteiger partial charge in [0.1, 0.15) is 0 Å². The molecule has 1 heterocycles. The summed E-state index contributed by atoms with van der Waals surface area (Å²) in [5, 5.41) is 0.293. The standard InChI is InChI=1S/C20H20ClN3O3/c1-12-6-5-9-17(13(12)2)24-11-14(10-18(24)25)19(26)22-23-20(27)15-7-3-4-8-16(15)21/h3-9,14H,10-11H2,1-2H3,(H,22,26)(H,23,27)/t14-/m1/s1. The molecule has 0 saturated carbocycles. The maximum atomic E-state index is 12.4. The van der Waals surface area contributed by atoms with Gasteiger partial charge in [0.25, 0.3) is 5.91 Å². The van der Waals surface area contributed by atoms with E-state index in [2.05, 4.69) is 10.9 Å². The van der Waals surface area contributed by atoms with Crippen LogP contribution >= 0.6 is 11.6 Å². The molecule has 6 nitrogen and oxygen atoms in total. The number of nitrogens with one attached hydrogen (secondary N) is 2. The molecule has 0 spiro atoms. The van der Waals surface area contributed by atoms with Gasteiger partial charge >= 0.3 is 0 Å². The highest BCUT2D eigenvalue weighted by molar-refractivity contribution is 6.33. The van der Waals surface area contributed by atoms with Gasteiger partial charge in [-0.25, -0.2) is 0 Å². The van der Waals surface area contributed by atoms with Crippen LogP contribution in [-0.4, -0.2) is 24.3 Å². The van der Waals surface area contributed by atoms with Gasteiger partial charge in [-0.15, -0.1) is 0 Å². The lowest BCUT2D eigenvalue weighted by atomic mass is 10.1. The van der Waals surface area contributed by atoms with Crippen LogP contribution in [0.25, 0.3) is 0 Å². The third kappa shape index (κ3) is 3.95. The molecule has 0 aliphatic carbocycles. The molecule has 1 fully saturated rings. The fraction of sp³-hybridized carbons (Fsp3) is 0.250. The number of rotatable bonds is 3. The molecule has 0 bridgehead atoms. The highest BCUT2D eigenvalue weighted by atomic mass is 35.5. The topological polar surface area (TPSA) is 78.5 Å². The molecule has 0 aromatic heterocycles. The van der Waals surface area contributed by atoms with Crippen molar-refractivity contribution in [2.75, 3.05) is 11.4 Å². The van der Waals surface area contributed by atoms with E-state index in [1.165, 1.54) is 0 Å². The van der Waals surface area contributed by atoms with Crippen molar-refractivity contribution in [2.24, 2.45) is 5.92 Å². The van der Waals surface area contributed by atoms with E-state index in [1.54, 1.807) is 29.2 Å². The molecular weight excluding hydrogens is 366 g/mol. The van der Waals surface area contributed by atoms with E-state index in [4.69, 9.17) is 11.6 Å². The van der Waals surface area contributed by atoms with Crippen LogP contribution in [0.1, 0.15) is 27.9 Å². The SMILES string of the molecule is Cc1cccc(N2C[C@H](C(=O)NNC(=O)c3ccccc3Cl)CC2=O)c1C. The molecule has 27 heavy (non-hydrogen) atoms. The molecule has 2 aromatic carbocycles. The number of carbonyl (C=O) groups is 3. The molecule has 1 aliphatic heterocycles. The molecule has 3 rings (SSSR count). The Balaban J connectivity index is 1.63. The zero-order chi connectivity index (χ0) is 19.6. The monoisotopic (exact) mass is 385 g/mol. The van der Waals surface area contributed by atoms with Gasteiger partial charge in [-0.2, -0.15) is 0 Å². The van der Waals surface area contributed by atoms with Gasteiger partial charge in [0.15, 0.2) is 0 Å². The molecule has 1 atom stereocenters. The molecule has 3 amide bonds. The molecule has 0 unspecified atom stereocenters. The number of nitrogens with zero attached hydrogens (tertiary/aromatic N) is 1. The minimum absolute atomic E-state index is 0.0984. The fourth-order valence-electron chi connectivity index (χ4n) is 3.08. The van der Waals surface area contributed by atoms with Crippen molar-refractivity contribution in [1.82, 2.24) is 10.9 Å². The summed E-state index contributed by atoms with van der Waals surface area (Å²) in [6, 6.07) is 12.3. The second kappa shape index (κ2) is 7.80. The number of aryl methyl sites for hydroxylation is 1. The molecule has 2 N–H and O–H groups in total. The van der Waals surface area contributed by atoms with E-state index in [9.17, 15) is 14.4 Å². The third-order valence-corrected chi connectivity index (χ3v) is 5.11. The summed E-state index contributed by atoms with van der Waals surface area (Å²) in [7, 11) is 0. The Labute approximate surface area is 162 Å². The van der Waals surface area contributed by atoms with Crippen LogP contribution in [0, 0.1) is 19.8 Å². The number of anilines is 1. The van der Waals surface area contributed by atoms with Gasteiger partial charge in [-0.1, -0.05) is 35.9 Å². The van der Waals surface area contributed by atoms with Crippen molar-refractivity contribution in [3.63, 3.8) is 0 Å². The first-order chi connectivity index (χ1) is 12.9. The summed E-state index contributed by atoms with van der Waals surface area (Å²) in [4.78, 5) is 38.6. The van der Waals surface area contributed by atoms with Crippen molar-refractivity contribution in [2.45, 2.75) is 20.3 Å². The van der Waals surface area contributed by atoms with Crippen LogP contribution in [-0.2, 0) is 9.59 Å². The van der Waals surface area contributed by atoms with E-state index >= 15 is 0 Å². The van der Waals surface area contributed by atoms with Gasteiger partial charge in [-0.3, -0.25) is 25.2 Å². The number of halogens is 1. The van der Waals surface area contributed by atoms with Crippen LogP contribution in [0.4, 0.5) is 5.69 Å². The smallest absolute Gasteiger partial charge is 0.271 e. The number of hydrazine groups is 1. The van der Waals surface area contributed by atoms with Crippen molar-refractivity contribution in [3.05, 3.63) is 64.2 Å². The van der Waals surface area contributed by atoms with Crippen LogP contribution in [0.15, 0.2) is 42.5 Å². The number of amides is 3. The lowest BCUT2D eigenvalue weighted by molar-refractivity contribution is -0.126. The number of hydrogen-bond donors (Lipinski definition) is 2. The minimum Gasteiger partial charge on any atom is -0.311 e. The fourth-order valence-corrected chi connectivity index (χ4v) is 3.30. The zero-order valence-corrected chi connectivity index (χ0v) is 15.8. The van der Waals surface area contributed by atoms with Crippen LogP contribution in [0.3, 0.4) is 0 Å². The molecule has 2 aromatic rings. The van der Waals surface area contributed by atoms with E-state index in [1.807, 2.05) is 32.0 Å².